The third-order valence-electron chi connectivity index (χ3n) is 4.93. The Morgan fingerprint density at radius 1 is 1.13 bits per heavy atom. The number of nitrogens with one attached hydrogen (secondary N) is 2. The van der Waals surface area contributed by atoms with Gasteiger partial charge in [-0.15, -0.1) is 0 Å². The summed E-state index contributed by atoms with van der Waals surface area (Å²) >= 11 is 0. The third kappa shape index (κ3) is 5.90. The molecule has 0 unspecified atom stereocenters. The molecular formula is C22H28N4O3S. The average Bonchev–Trinajstić information content (AvgIpc) is 2.77. The van der Waals surface area contributed by atoms with Gasteiger partial charge in [0.15, 0.2) is 0 Å². The van der Waals surface area contributed by atoms with Crippen LogP contribution in [-0.4, -0.2) is 38.9 Å². The molecule has 1 amide bonds. The number of pyridine rings is 1. The van der Waals surface area contributed by atoms with Crippen LogP contribution in [0.2, 0.25) is 0 Å². The van der Waals surface area contributed by atoms with Crippen molar-refractivity contribution < 1.29 is 13.2 Å². The first-order valence-electron chi connectivity index (χ1n) is 10.2. The van der Waals surface area contributed by atoms with Gasteiger partial charge in [0.2, 0.25) is 15.9 Å². The van der Waals surface area contributed by atoms with E-state index < -0.39 is 10.0 Å². The minimum atomic E-state index is -3.47. The Morgan fingerprint density at radius 3 is 2.57 bits per heavy atom. The number of carbonyl (C=O) groups is 1. The van der Waals surface area contributed by atoms with Gasteiger partial charge in [-0.1, -0.05) is 25.1 Å². The molecule has 1 saturated heterocycles. The highest BCUT2D eigenvalue weighted by Gasteiger charge is 2.15. The summed E-state index contributed by atoms with van der Waals surface area (Å²) in [5, 5.41) is 2.90. The van der Waals surface area contributed by atoms with Crippen molar-refractivity contribution in [1.29, 1.82) is 0 Å². The van der Waals surface area contributed by atoms with Crippen LogP contribution >= 0.6 is 0 Å². The first kappa shape index (κ1) is 22.0. The number of sulfonamides is 1. The molecule has 0 spiro atoms. The molecule has 160 valence electrons. The topological polar surface area (TPSA) is 91.4 Å². The Morgan fingerprint density at radius 2 is 1.87 bits per heavy atom. The molecule has 2 N–H and O–H groups in total. The van der Waals surface area contributed by atoms with Gasteiger partial charge in [0.25, 0.3) is 0 Å². The highest BCUT2D eigenvalue weighted by molar-refractivity contribution is 7.89. The van der Waals surface area contributed by atoms with Crippen LogP contribution in [-0.2, 0) is 21.4 Å². The maximum Gasteiger partial charge on any atom is 0.244 e. The molecule has 3 rings (SSSR count). The predicted molar refractivity (Wildman–Crippen MR) is 118 cm³/mol. The van der Waals surface area contributed by atoms with Crippen molar-refractivity contribution in [2.45, 2.75) is 37.6 Å². The average molecular weight is 429 g/mol. The number of nitrogens with zero attached hydrogens (tertiary/aromatic N) is 2. The van der Waals surface area contributed by atoms with Gasteiger partial charge in [0, 0.05) is 44.0 Å². The number of carbonyl (C=O) groups excluding carboxylic acids is 1. The van der Waals surface area contributed by atoms with Gasteiger partial charge in [-0.05, 0) is 49.1 Å². The van der Waals surface area contributed by atoms with Gasteiger partial charge < -0.3 is 10.2 Å². The van der Waals surface area contributed by atoms with Gasteiger partial charge >= 0.3 is 0 Å². The van der Waals surface area contributed by atoms with E-state index in [-0.39, 0.29) is 10.8 Å². The Bertz CT molecular complexity index is 982. The monoisotopic (exact) mass is 428 g/mol. The largest absolute Gasteiger partial charge is 0.356 e. The SMILES string of the molecule is CCNS(=O)(=O)c1ccc(/C=C/C(=O)NCc2cccnc2N2CCCCC2)cc1. The molecule has 0 atom stereocenters. The summed E-state index contributed by atoms with van der Waals surface area (Å²) in [7, 11) is -3.47. The number of benzene rings is 1. The van der Waals surface area contributed by atoms with Crippen molar-refractivity contribution in [3.05, 3.63) is 59.8 Å². The van der Waals surface area contributed by atoms with E-state index in [0.29, 0.717) is 13.1 Å². The van der Waals surface area contributed by atoms with E-state index in [1.807, 2.05) is 12.1 Å². The number of aromatic nitrogens is 1. The fourth-order valence-corrected chi connectivity index (χ4v) is 4.44. The summed E-state index contributed by atoms with van der Waals surface area (Å²) in [6, 6.07) is 10.3. The maximum atomic E-state index is 12.3. The zero-order valence-electron chi connectivity index (χ0n) is 17.2. The van der Waals surface area contributed by atoms with E-state index in [9.17, 15) is 13.2 Å². The second-order valence-electron chi connectivity index (χ2n) is 7.16. The summed E-state index contributed by atoms with van der Waals surface area (Å²) < 4.78 is 26.4. The Kier molecular flexibility index (Phi) is 7.59. The van der Waals surface area contributed by atoms with Crippen LogP contribution in [0.1, 0.15) is 37.3 Å². The van der Waals surface area contributed by atoms with Crippen LogP contribution in [0.5, 0.6) is 0 Å². The molecule has 1 fully saturated rings. The zero-order valence-corrected chi connectivity index (χ0v) is 18.0. The van der Waals surface area contributed by atoms with E-state index in [1.165, 1.54) is 37.5 Å². The van der Waals surface area contributed by atoms with Gasteiger partial charge in [-0.3, -0.25) is 4.79 Å². The zero-order chi connectivity index (χ0) is 21.4. The Labute approximate surface area is 178 Å². The van der Waals surface area contributed by atoms with E-state index in [2.05, 4.69) is 19.9 Å². The molecule has 1 aliphatic heterocycles. The minimum Gasteiger partial charge on any atom is -0.356 e. The van der Waals surface area contributed by atoms with Crippen LogP contribution in [0.25, 0.3) is 6.08 Å². The van der Waals surface area contributed by atoms with Gasteiger partial charge in [0.1, 0.15) is 5.82 Å². The first-order valence-corrected chi connectivity index (χ1v) is 11.7. The molecule has 1 aliphatic rings. The van der Waals surface area contributed by atoms with Crippen LogP contribution in [0, 0.1) is 0 Å². The number of amides is 1. The summed E-state index contributed by atoms with van der Waals surface area (Å²) in [6.07, 6.45) is 8.48. The summed E-state index contributed by atoms with van der Waals surface area (Å²) in [6.45, 7) is 4.46. The fourth-order valence-electron chi connectivity index (χ4n) is 3.40. The normalized spacial score (nSPS) is 14.8. The van der Waals surface area contributed by atoms with Crippen molar-refractivity contribution in [3.8, 4) is 0 Å². The lowest BCUT2D eigenvalue weighted by Crippen LogP contribution is -2.32. The summed E-state index contributed by atoms with van der Waals surface area (Å²) in [4.78, 5) is 19.3. The number of hydrogen-bond acceptors (Lipinski definition) is 5. The van der Waals surface area contributed by atoms with Crippen LogP contribution in [0.4, 0.5) is 5.82 Å². The predicted octanol–water partition coefficient (Wildman–Crippen LogP) is 2.70. The minimum absolute atomic E-state index is 0.202. The fraction of sp³-hybridized carbons (Fsp3) is 0.364. The highest BCUT2D eigenvalue weighted by atomic mass is 32.2. The number of piperidine rings is 1. The molecular weight excluding hydrogens is 400 g/mol. The molecule has 2 heterocycles. The first-order chi connectivity index (χ1) is 14.5. The molecule has 0 aliphatic carbocycles. The standard InChI is InChI=1S/C22H28N4O3S/c1-2-25-30(28,29)20-11-8-18(9-12-20)10-13-21(27)24-17-19-7-6-14-23-22(19)26-15-4-3-5-16-26/h6-14,25H,2-5,15-17H2,1H3,(H,24,27)/b13-10+. The molecule has 7 nitrogen and oxygen atoms in total. The molecule has 30 heavy (non-hydrogen) atoms. The molecule has 0 bridgehead atoms. The van der Waals surface area contributed by atoms with E-state index in [1.54, 1.807) is 31.3 Å². The second kappa shape index (κ2) is 10.4. The number of hydrogen-bond donors (Lipinski definition) is 2. The van der Waals surface area contributed by atoms with Crippen LogP contribution in [0.3, 0.4) is 0 Å². The molecule has 1 aromatic carbocycles. The van der Waals surface area contributed by atoms with Crippen molar-refractivity contribution in [3.63, 3.8) is 0 Å². The molecule has 1 aromatic heterocycles. The van der Waals surface area contributed by atoms with E-state index >= 15 is 0 Å². The van der Waals surface area contributed by atoms with Crippen LogP contribution in [0.15, 0.2) is 53.6 Å². The molecule has 2 aromatic rings. The highest BCUT2D eigenvalue weighted by Crippen LogP contribution is 2.21. The number of anilines is 1. The lowest BCUT2D eigenvalue weighted by molar-refractivity contribution is -0.116. The van der Waals surface area contributed by atoms with Gasteiger partial charge in [-0.2, -0.15) is 0 Å². The lowest BCUT2D eigenvalue weighted by atomic mass is 10.1. The van der Waals surface area contributed by atoms with E-state index in [4.69, 9.17) is 0 Å². The second-order valence-corrected chi connectivity index (χ2v) is 8.92. The van der Waals surface area contributed by atoms with Crippen molar-refractivity contribution >= 4 is 27.8 Å². The summed E-state index contributed by atoms with van der Waals surface area (Å²) in [5.41, 5.74) is 1.75. The van der Waals surface area contributed by atoms with Crippen molar-refractivity contribution in [2.24, 2.45) is 0 Å². The third-order valence-corrected chi connectivity index (χ3v) is 6.49. The smallest absolute Gasteiger partial charge is 0.244 e. The quantitative estimate of drug-likeness (QED) is 0.631. The Hall–Kier alpha value is -2.71. The van der Waals surface area contributed by atoms with E-state index in [0.717, 1.165) is 30.0 Å². The Balaban J connectivity index is 1.58. The number of rotatable bonds is 8. The van der Waals surface area contributed by atoms with Gasteiger partial charge in [0.05, 0.1) is 4.90 Å². The molecule has 0 radical (unpaired) electrons. The van der Waals surface area contributed by atoms with Crippen LogP contribution < -0.4 is 14.9 Å². The molecule has 0 saturated carbocycles. The molecule has 8 heteroatoms. The van der Waals surface area contributed by atoms with Crippen molar-refractivity contribution in [1.82, 2.24) is 15.0 Å². The van der Waals surface area contributed by atoms with Gasteiger partial charge in [-0.25, -0.2) is 18.1 Å². The maximum absolute atomic E-state index is 12.3. The lowest BCUT2D eigenvalue weighted by Gasteiger charge is -2.29. The van der Waals surface area contributed by atoms with Crippen molar-refractivity contribution in [2.75, 3.05) is 24.5 Å². The summed E-state index contributed by atoms with van der Waals surface area (Å²) in [5.74, 6) is 0.728.